The number of hydrogen-bond donors (Lipinski definition) is 1. The highest BCUT2D eigenvalue weighted by Crippen LogP contribution is 2.34. The first kappa shape index (κ1) is 17.4. The Morgan fingerprint density at radius 2 is 1.88 bits per heavy atom. The van der Waals surface area contributed by atoms with Crippen molar-refractivity contribution in [1.29, 1.82) is 0 Å². The zero-order valence-electron chi connectivity index (χ0n) is 14.5. The summed E-state index contributed by atoms with van der Waals surface area (Å²) in [6, 6.07) is 9.48. The summed E-state index contributed by atoms with van der Waals surface area (Å²) in [7, 11) is -3.18. The van der Waals surface area contributed by atoms with Gasteiger partial charge in [-0.15, -0.1) is 0 Å². The van der Waals surface area contributed by atoms with Crippen LogP contribution in [0.5, 0.6) is 0 Å². The van der Waals surface area contributed by atoms with Gasteiger partial charge in [-0.05, 0) is 32.4 Å². The van der Waals surface area contributed by atoms with Crippen molar-refractivity contribution in [3.63, 3.8) is 0 Å². The molecule has 2 heterocycles. The van der Waals surface area contributed by atoms with Gasteiger partial charge in [-0.3, -0.25) is 4.79 Å². The molecule has 1 aliphatic rings. The van der Waals surface area contributed by atoms with Crippen LogP contribution in [0.15, 0.2) is 36.4 Å². The van der Waals surface area contributed by atoms with E-state index < -0.39 is 9.84 Å². The fraction of sp³-hybridized carbons (Fsp3) is 0.333. The molecular weight excluding hydrogens is 338 g/mol. The summed E-state index contributed by atoms with van der Waals surface area (Å²) < 4.78 is 25.5. The van der Waals surface area contributed by atoms with E-state index >= 15 is 0 Å². The van der Waals surface area contributed by atoms with Gasteiger partial charge in [0.25, 0.3) is 0 Å². The van der Waals surface area contributed by atoms with Gasteiger partial charge in [0.2, 0.25) is 5.91 Å². The molecule has 0 saturated carbocycles. The summed E-state index contributed by atoms with van der Waals surface area (Å²) in [5.41, 5.74) is 1.66. The molecule has 0 saturated heterocycles. The number of carbonyl (C=O) groups is 1. The quantitative estimate of drug-likeness (QED) is 0.855. The molecular formula is C18H21N3O3S. The summed E-state index contributed by atoms with van der Waals surface area (Å²) in [4.78, 5) is 12.3. The second-order valence-corrected chi connectivity index (χ2v) is 9.19. The van der Waals surface area contributed by atoms with E-state index in [2.05, 4.69) is 10.4 Å². The number of amides is 1. The van der Waals surface area contributed by atoms with Crippen LogP contribution in [0.3, 0.4) is 0 Å². The Kier molecular flexibility index (Phi) is 4.28. The van der Waals surface area contributed by atoms with E-state index in [-0.39, 0.29) is 23.0 Å². The highest BCUT2D eigenvalue weighted by molar-refractivity contribution is 7.90. The number of carbonyl (C=O) groups excluding carboxylic acids is 1. The minimum Gasteiger partial charge on any atom is -0.307 e. The van der Waals surface area contributed by atoms with E-state index in [1.165, 1.54) is 6.08 Å². The first-order valence-corrected chi connectivity index (χ1v) is 9.84. The van der Waals surface area contributed by atoms with Crippen LogP contribution in [0, 0.1) is 0 Å². The summed E-state index contributed by atoms with van der Waals surface area (Å²) in [5, 5.41) is 7.24. The van der Waals surface area contributed by atoms with Crippen LogP contribution in [-0.4, -0.2) is 24.1 Å². The number of benzene rings is 1. The van der Waals surface area contributed by atoms with Crippen LogP contribution < -0.4 is 5.32 Å². The predicted octanol–water partition coefficient (Wildman–Crippen LogP) is 2.72. The van der Waals surface area contributed by atoms with Crippen molar-refractivity contribution in [3.05, 3.63) is 53.2 Å². The van der Waals surface area contributed by atoms with Crippen LogP contribution in [0.2, 0.25) is 0 Å². The summed E-state index contributed by atoms with van der Waals surface area (Å²) in [6.45, 7) is 5.87. The average molecular weight is 359 g/mol. The Labute approximate surface area is 147 Å². The molecule has 6 nitrogen and oxygen atoms in total. The van der Waals surface area contributed by atoms with Gasteiger partial charge in [0.05, 0.1) is 22.7 Å². The molecule has 1 aromatic heterocycles. The molecule has 1 N–H and O–H groups in total. The molecule has 7 heteroatoms. The molecule has 0 radical (unpaired) electrons. The molecule has 0 aliphatic carbocycles. The Morgan fingerprint density at radius 3 is 2.52 bits per heavy atom. The van der Waals surface area contributed by atoms with E-state index in [4.69, 9.17) is 0 Å². The lowest BCUT2D eigenvalue weighted by Gasteiger charge is -2.23. The number of sulfone groups is 1. The fourth-order valence-electron chi connectivity index (χ4n) is 2.75. The number of anilines is 1. The molecule has 3 rings (SSSR count). The Bertz CT molecular complexity index is 936. The molecule has 25 heavy (non-hydrogen) atoms. The van der Waals surface area contributed by atoms with Crippen molar-refractivity contribution < 1.29 is 13.2 Å². The smallest absolute Gasteiger partial charge is 0.249 e. The zero-order valence-corrected chi connectivity index (χ0v) is 15.3. The monoisotopic (exact) mass is 359 g/mol. The lowest BCUT2D eigenvalue weighted by Crippen LogP contribution is -2.27. The largest absolute Gasteiger partial charge is 0.307 e. The SMILES string of the molecule is CC(C)(C)n1nc2c(c1NC(=O)C=Cc1ccccc1)CS(=O)(=O)C2. The van der Waals surface area contributed by atoms with Gasteiger partial charge in [0.1, 0.15) is 5.82 Å². The number of nitrogens with one attached hydrogen (secondary N) is 1. The Hall–Kier alpha value is -2.41. The van der Waals surface area contributed by atoms with E-state index in [0.717, 1.165) is 5.56 Å². The maximum atomic E-state index is 12.3. The van der Waals surface area contributed by atoms with Gasteiger partial charge in [0.15, 0.2) is 9.84 Å². The van der Waals surface area contributed by atoms with Crippen molar-refractivity contribution in [2.75, 3.05) is 5.32 Å². The fourth-order valence-corrected chi connectivity index (χ4v) is 4.24. The van der Waals surface area contributed by atoms with Crippen molar-refractivity contribution in [3.8, 4) is 0 Å². The van der Waals surface area contributed by atoms with E-state index in [0.29, 0.717) is 17.1 Å². The topological polar surface area (TPSA) is 81.1 Å². The lowest BCUT2D eigenvalue weighted by atomic mass is 10.1. The summed E-state index contributed by atoms with van der Waals surface area (Å²) in [5.74, 6) is -0.0162. The Balaban J connectivity index is 1.89. The predicted molar refractivity (Wildman–Crippen MR) is 97.7 cm³/mol. The molecule has 132 valence electrons. The minimum atomic E-state index is -3.18. The number of hydrogen-bond acceptors (Lipinski definition) is 4. The van der Waals surface area contributed by atoms with Gasteiger partial charge in [-0.25, -0.2) is 13.1 Å². The third-order valence-electron chi connectivity index (χ3n) is 3.89. The van der Waals surface area contributed by atoms with Crippen LogP contribution in [0.4, 0.5) is 5.82 Å². The third kappa shape index (κ3) is 3.82. The van der Waals surface area contributed by atoms with Gasteiger partial charge >= 0.3 is 0 Å². The van der Waals surface area contributed by atoms with Gasteiger partial charge in [-0.1, -0.05) is 30.3 Å². The standard InChI is InChI=1S/C18H21N3O3S/c1-18(2,3)21-17(14-11-25(23,24)12-15(14)20-21)19-16(22)10-9-13-7-5-4-6-8-13/h4-10H,11-12H2,1-3H3,(H,19,22). The molecule has 0 unspecified atom stereocenters. The van der Waals surface area contributed by atoms with Crippen LogP contribution in [0.1, 0.15) is 37.6 Å². The third-order valence-corrected chi connectivity index (χ3v) is 5.33. The van der Waals surface area contributed by atoms with E-state index in [1.54, 1.807) is 10.8 Å². The summed E-state index contributed by atoms with van der Waals surface area (Å²) >= 11 is 0. The molecule has 0 spiro atoms. The minimum absolute atomic E-state index is 0.0753. The van der Waals surface area contributed by atoms with Gasteiger partial charge in [0, 0.05) is 11.6 Å². The molecule has 1 aromatic carbocycles. The molecule has 0 atom stereocenters. The molecule has 1 aliphatic heterocycles. The van der Waals surface area contributed by atoms with Crippen molar-refractivity contribution in [2.24, 2.45) is 0 Å². The van der Waals surface area contributed by atoms with Gasteiger partial charge < -0.3 is 5.32 Å². The van der Waals surface area contributed by atoms with Crippen LogP contribution in [0.25, 0.3) is 6.08 Å². The molecule has 0 fully saturated rings. The highest BCUT2D eigenvalue weighted by atomic mass is 32.2. The number of nitrogens with zero attached hydrogens (tertiary/aromatic N) is 2. The zero-order chi connectivity index (χ0) is 18.2. The maximum absolute atomic E-state index is 12.3. The second kappa shape index (κ2) is 6.15. The van der Waals surface area contributed by atoms with E-state index in [9.17, 15) is 13.2 Å². The van der Waals surface area contributed by atoms with Crippen molar-refractivity contribution in [1.82, 2.24) is 9.78 Å². The van der Waals surface area contributed by atoms with Gasteiger partial charge in [-0.2, -0.15) is 5.10 Å². The number of fused-ring (bicyclic) bond motifs is 1. The molecule has 1 amide bonds. The van der Waals surface area contributed by atoms with E-state index in [1.807, 2.05) is 51.1 Å². The second-order valence-electron chi connectivity index (χ2n) is 7.12. The Morgan fingerprint density at radius 1 is 1.20 bits per heavy atom. The molecule has 0 bridgehead atoms. The first-order chi connectivity index (χ1) is 11.7. The number of rotatable bonds is 3. The van der Waals surface area contributed by atoms with Crippen LogP contribution >= 0.6 is 0 Å². The average Bonchev–Trinajstić information content (AvgIpc) is 2.99. The maximum Gasteiger partial charge on any atom is 0.249 e. The normalized spacial score (nSPS) is 16.1. The molecule has 2 aromatic rings. The first-order valence-electron chi connectivity index (χ1n) is 8.01. The van der Waals surface area contributed by atoms with Crippen LogP contribution in [-0.2, 0) is 31.7 Å². The number of aromatic nitrogens is 2. The van der Waals surface area contributed by atoms with Crippen molar-refractivity contribution in [2.45, 2.75) is 37.8 Å². The highest BCUT2D eigenvalue weighted by Gasteiger charge is 2.35. The summed E-state index contributed by atoms with van der Waals surface area (Å²) in [6.07, 6.45) is 3.15. The van der Waals surface area contributed by atoms with Crippen molar-refractivity contribution >= 4 is 27.6 Å². The lowest BCUT2D eigenvalue weighted by molar-refractivity contribution is -0.111.